The zero-order chi connectivity index (χ0) is 33.0. The number of hydrogen-bond donors (Lipinski definition) is 3. The minimum atomic E-state index is -1.16. The molecule has 0 aliphatic heterocycles. The van der Waals surface area contributed by atoms with Gasteiger partial charge >= 0.3 is 12.1 Å². The van der Waals surface area contributed by atoms with Crippen LogP contribution in [-0.4, -0.2) is 65.2 Å². The van der Waals surface area contributed by atoms with Crippen LogP contribution in [0, 0.1) is 5.92 Å². The summed E-state index contributed by atoms with van der Waals surface area (Å²) in [6.07, 6.45) is 2.26. The van der Waals surface area contributed by atoms with Crippen LogP contribution in [0.2, 0.25) is 0 Å². The molecule has 240 valence electrons. The highest BCUT2D eigenvalue weighted by Crippen LogP contribution is 2.29. The molecule has 0 aromatic heterocycles. The summed E-state index contributed by atoms with van der Waals surface area (Å²) in [6.45, 7) is 14.6. The number of carbonyl (C=O) groups excluding carboxylic acids is 4. The van der Waals surface area contributed by atoms with E-state index in [0.29, 0.717) is 23.5 Å². The van der Waals surface area contributed by atoms with E-state index in [-0.39, 0.29) is 18.7 Å². The van der Waals surface area contributed by atoms with Crippen LogP contribution in [0.4, 0.5) is 4.79 Å². The molecular weight excluding hydrogens is 562 g/mol. The van der Waals surface area contributed by atoms with Crippen LogP contribution < -0.4 is 10.6 Å². The van der Waals surface area contributed by atoms with Crippen LogP contribution in [0.1, 0.15) is 77.1 Å². The number of rotatable bonds is 14. The number of phenols is 1. The van der Waals surface area contributed by atoms with Crippen molar-refractivity contribution in [3.63, 3.8) is 0 Å². The summed E-state index contributed by atoms with van der Waals surface area (Å²) in [4.78, 5) is 55.0. The van der Waals surface area contributed by atoms with Crippen LogP contribution >= 0.6 is 0 Å². The minimum Gasteiger partial charge on any atom is -0.508 e. The first-order chi connectivity index (χ1) is 20.6. The van der Waals surface area contributed by atoms with Gasteiger partial charge in [-0.1, -0.05) is 56.8 Å². The fraction of sp³-hybridized carbons (Fsp3) is 0.471. The molecule has 10 nitrogen and oxygen atoms in total. The highest BCUT2D eigenvalue weighted by atomic mass is 16.6. The third-order valence-electron chi connectivity index (χ3n) is 6.88. The Kier molecular flexibility index (Phi) is 13.4. The van der Waals surface area contributed by atoms with Crippen molar-refractivity contribution in [3.05, 3.63) is 71.8 Å². The van der Waals surface area contributed by atoms with Gasteiger partial charge in [0, 0.05) is 12.5 Å². The molecule has 2 aromatic carbocycles. The fourth-order valence-corrected chi connectivity index (χ4v) is 4.63. The zero-order valence-corrected chi connectivity index (χ0v) is 26.9. The average Bonchev–Trinajstić information content (AvgIpc) is 2.96. The first kappa shape index (κ1) is 35.9. The van der Waals surface area contributed by atoms with Gasteiger partial charge in [0.15, 0.2) is 0 Å². The van der Waals surface area contributed by atoms with E-state index in [1.54, 1.807) is 57.2 Å². The van der Waals surface area contributed by atoms with Crippen LogP contribution in [0.25, 0.3) is 6.08 Å². The Morgan fingerprint density at radius 1 is 1.02 bits per heavy atom. The Labute approximate surface area is 260 Å². The van der Waals surface area contributed by atoms with Gasteiger partial charge in [-0.3, -0.25) is 14.4 Å². The van der Waals surface area contributed by atoms with E-state index in [1.165, 1.54) is 24.1 Å². The van der Waals surface area contributed by atoms with E-state index >= 15 is 0 Å². The number of alkyl carbamates (subject to hydrolysis) is 1. The van der Waals surface area contributed by atoms with Crippen molar-refractivity contribution in [2.75, 3.05) is 13.7 Å². The Hall–Kier alpha value is -4.34. The number of amides is 3. The predicted molar refractivity (Wildman–Crippen MR) is 170 cm³/mol. The van der Waals surface area contributed by atoms with Crippen LogP contribution in [0.5, 0.6) is 5.75 Å². The van der Waals surface area contributed by atoms with E-state index < -0.39 is 47.6 Å². The van der Waals surface area contributed by atoms with Gasteiger partial charge in [0.25, 0.3) is 0 Å². The first-order valence-electron chi connectivity index (χ1n) is 14.8. The maximum Gasteiger partial charge on any atom is 0.408 e. The zero-order valence-electron chi connectivity index (χ0n) is 26.9. The number of nitrogens with one attached hydrogen (secondary N) is 2. The molecule has 0 saturated heterocycles. The third-order valence-corrected chi connectivity index (χ3v) is 6.88. The number of benzene rings is 2. The van der Waals surface area contributed by atoms with Crippen molar-refractivity contribution in [2.24, 2.45) is 5.92 Å². The maximum atomic E-state index is 14.7. The lowest BCUT2D eigenvalue weighted by Crippen LogP contribution is -2.56. The monoisotopic (exact) mass is 609 g/mol. The molecule has 44 heavy (non-hydrogen) atoms. The Morgan fingerprint density at radius 3 is 2.25 bits per heavy atom. The molecule has 0 saturated carbocycles. The van der Waals surface area contributed by atoms with Gasteiger partial charge in [-0.2, -0.15) is 0 Å². The van der Waals surface area contributed by atoms with E-state index in [4.69, 9.17) is 9.47 Å². The molecule has 0 aliphatic rings. The van der Waals surface area contributed by atoms with Crippen LogP contribution in [-0.2, 0) is 30.3 Å². The number of ether oxygens (including phenoxy) is 2. The van der Waals surface area contributed by atoms with Gasteiger partial charge in [0.1, 0.15) is 30.0 Å². The lowest BCUT2D eigenvalue weighted by Gasteiger charge is -2.39. The Bertz CT molecular complexity index is 1280. The summed E-state index contributed by atoms with van der Waals surface area (Å²) in [5.74, 6) is -1.34. The molecule has 3 amide bonds. The van der Waals surface area contributed by atoms with Gasteiger partial charge in [-0.05, 0) is 81.3 Å². The van der Waals surface area contributed by atoms with Crippen molar-refractivity contribution in [1.82, 2.24) is 15.5 Å². The number of nitrogens with zero attached hydrogens (tertiary/aromatic N) is 1. The lowest BCUT2D eigenvalue weighted by molar-refractivity contribution is -0.146. The number of esters is 1. The molecule has 0 aliphatic carbocycles. The smallest absolute Gasteiger partial charge is 0.408 e. The first-order valence-corrected chi connectivity index (χ1v) is 14.8. The molecular formula is C34H47N3O7. The molecule has 3 atom stereocenters. The molecule has 0 heterocycles. The SMILES string of the molecule is C=Cc1cccc(C(C(=O)NCC(=O)OC)N(C(=O)C(Cc2ccc(O)cc2)NC(=O)OC(C)(C)C)C(C)CCC(C)C)c1. The summed E-state index contributed by atoms with van der Waals surface area (Å²) in [5, 5.41) is 15.1. The standard InChI is InChI=1S/C34H47N3O7/c1-9-24-11-10-12-26(19-24)30(31(40)35-21-29(39)43-8)37(23(4)14-13-22(2)3)32(41)28(36-33(42)44-34(5,6)7)20-25-15-17-27(38)18-16-25/h9-12,15-19,22-23,28,30,38H,1,13-14,20-21H2,2-8H3,(H,35,40)(H,36,42). The van der Waals surface area contributed by atoms with Gasteiger partial charge in [0.2, 0.25) is 11.8 Å². The second-order valence-electron chi connectivity index (χ2n) is 12.2. The van der Waals surface area contributed by atoms with Gasteiger partial charge in [0.05, 0.1) is 7.11 Å². The quantitative estimate of drug-likeness (QED) is 0.252. The third kappa shape index (κ3) is 11.4. The average molecular weight is 610 g/mol. The molecule has 3 N–H and O–H groups in total. The van der Waals surface area contributed by atoms with Crippen molar-refractivity contribution < 1.29 is 33.8 Å². The van der Waals surface area contributed by atoms with Gasteiger partial charge in [-0.15, -0.1) is 0 Å². The second-order valence-corrected chi connectivity index (χ2v) is 12.2. The summed E-state index contributed by atoms with van der Waals surface area (Å²) >= 11 is 0. The number of carbonyl (C=O) groups is 4. The topological polar surface area (TPSA) is 134 Å². The molecule has 10 heteroatoms. The van der Waals surface area contributed by atoms with Crippen LogP contribution in [0.15, 0.2) is 55.1 Å². The van der Waals surface area contributed by atoms with Crippen molar-refractivity contribution in [1.29, 1.82) is 0 Å². The fourth-order valence-electron chi connectivity index (χ4n) is 4.63. The summed E-state index contributed by atoms with van der Waals surface area (Å²) in [6, 6.07) is 10.7. The van der Waals surface area contributed by atoms with E-state index in [1.807, 2.05) is 13.0 Å². The molecule has 0 radical (unpaired) electrons. The van der Waals surface area contributed by atoms with E-state index in [0.717, 1.165) is 12.0 Å². The van der Waals surface area contributed by atoms with E-state index in [9.17, 15) is 24.3 Å². The van der Waals surface area contributed by atoms with Gasteiger partial charge < -0.3 is 30.1 Å². The largest absolute Gasteiger partial charge is 0.508 e. The normalized spacial score (nSPS) is 13.3. The number of methoxy groups -OCH3 is 1. The molecule has 2 rings (SSSR count). The highest BCUT2D eigenvalue weighted by Gasteiger charge is 2.39. The molecule has 2 aromatic rings. The van der Waals surface area contributed by atoms with Crippen molar-refractivity contribution in [2.45, 2.75) is 84.5 Å². The molecule has 3 unspecified atom stereocenters. The summed E-state index contributed by atoms with van der Waals surface area (Å²) < 4.78 is 10.2. The molecule has 0 fully saturated rings. The highest BCUT2D eigenvalue weighted by molar-refractivity contribution is 5.93. The van der Waals surface area contributed by atoms with Crippen molar-refractivity contribution in [3.8, 4) is 5.75 Å². The van der Waals surface area contributed by atoms with Gasteiger partial charge in [-0.25, -0.2) is 4.79 Å². The van der Waals surface area contributed by atoms with Crippen molar-refractivity contribution >= 4 is 30.0 Å². The summed E-state index contributed by atoms with van der Waals surface area (Å²) in [7, 11) is 1.22. The maximum absolute atomic E-state index is 14.7. The number of hydrogen-bond acceptors (Lipinski definition) is 7. The Morgan fingerprint density at radius 2 is 1.68 bits per heavy atom. The lowest BCUT2D eigenvalue weighted by atomic mass is 9.95. The predicted octanol–water partition coefficient (Wildman–Crippen LogP) is 5.15. The van der Waals surface area contributed by atoms with E-state index in [2.05, 4.69) is 31.1 Å². The number of aromatic hydroxyl groups is 1. The second kappa shape index (κ2) is 16.5. The molecule has 0 bridgehead atoms. The minimum absolute atomic E-state index is 0.0603. The number of phenolic OH excluding ortho intramolecular Hbond substituents is 1. The molecule has 0 spiro atoms. The van der Waals surface area contributed by atoms with Crippen LogP contribution in [0.3, 0.4) is 0 Å². The Balaban J connectivity index is 2.68. The summed E-state index contributed by atoms with van der Waals surface area (Å²) in [5.41, 5.74) is 1.10.